The maximum absolute atomic E-state index is 12.0. The summed E-state index contributed by atoms with van der Waals surface area (Å²) in [4.78, 5) is 12.0. The number of phenolic OH excluding ortho intramolecular Hbond substituents is 1. The lowest BCUT2D eigenvalue weighted by Crippen LogP contribution is -2.24. The van der Waals surface area contributed by atoms with Crippen LogP contribution in [0.15, 0.2) is 18.2 Å². The van der Waals surface area contributed by atoms with E-state index in [9.17, 15) is 9.90 Å². The molecule has 1 atom stereocenters. The van der Waals surface area contributed by atoms with Gasteiger partial charge < -0.3 is 15.2 Å². The Kier molecular flexibility index (Phi) is 3.64. The highest BCUT2D eigenvalue weighted by Gasteiger charge is 2.19. The van der Waals surface area contributed by atoms with Crippen LogP contribution in [0, 0.1) is 0 Å². The molecule has 0 unspecified atom stereocenters. The van der Waals surface area contributed by atoms with Crippen molar-refractivity contribution in [3.05, 3.63) is 23.8 Å². The molecule has 2 N–H and O–H groups in total. The molecule has 0 amide bonds. The second-order valence-corrected chi connectivity index (χ2v) is 4.31. The third-order valence-corrected chi connectivity index (χ3v) is 3.10. The van der Waals surface area contributed by atoms with Gasteiger partial charge in [-0.1, -0.05) is 0 Å². The number of ether oxygens (including phenoxy) is 1. The molecule has 0 spiro atoms. The van der Waals surface area contributed by atoms with Crippen molar-refractivity contribution >= 4 is 5.78 Å². The van der Waals surface area contributed by atoms with E-state index in [2.05, 4.69) is 5.32 Å². The summed E-state index contributed by atoms with van der Waals surface area (Å²) in [5.74, 6) is 0.487. The van der Waals surface area contributed by atoms with Crippen molar-refractivity contribution in [2.45, 2.75) is 25.3 Å². The van der Waals surface area contributed by atoms with Gasteiger partial charge in [0.15, 0.2) is 17.3 Å². The Balaban J connectivity index is 2.07. The molecular weight excluding hydrogens is 218 g/mol. The zero-order valence-electron chi connectivity index (χ0n) is 9.90. The molecule has 1 heterocycles. The van der Waals surface area contributed by atoms with Gasteiger partial charge in [0.1, 0.15) is 0 Å². The summed E-state index contributed by atoms with van der Waals surface area (Å²) in [6.07, 6.45) is 2.70. The van der Waals surface area contributed by atoms with Crippen LogP contribution in [-0.4, -0.2) is 30.6 Å². The second-order valence-electron chi connectivity index (χ2n) is 4.31. The number of carbonyl (C=O) groups is 1. The molecule has 17 heavy (non-hydrogen) atoms. The standard InChI is InChI=1S/C13H17NO3/c1-17-13-7-9(4-5-11(13)15)12(16)8-10-3-2-6-14-10/h4-5,7,10,14-15H,2-3,6,8H2,1H3/t10-/m0/s1. The summed E-state index contributed by atoms with van der Waals surface area (Å²) in [6.45, 7) is 0.997. The lowest BCUT2D eigenvalue weighted by molar-refractivity contribution is 0.0971. The van der Waals surface area contributed by atoms with Gasteiger partial charge in [-0.25, -0.2) is 0 Å². The predicted octanol–water partition coefficient (Wildman–Crippen LogP) is 1.73. The van der Waals surface area contributed by atoms with Crippen LogP contribution in [0.25, 0.3) is 0 Å². The topological polar surface area (TPSA) is 58.6 Å². The SMILES string of the molecule is COc1cc(C(=O)C[C@@H]2CCCN2)ccc1O. The third-order valence-electron chi connectivity index (χ3n) is 3.10. The Morgan fingerprint density at radius 3 is 3.06 bits per heavy atom. The Morgan fingerprint density at radius 2 is 2.41 bits per heavy atom. The van der Waals surface area contributed by atoms with Gasteiger partial charge in [-0.15, -0.1) is 0 Å². The van der Waals surface area contributed by atoms with Gasteiger partial charge in [0.05, 0.1) is 7.11 Å². The van der Waals surface area contributed by atoms with E-state index in [1.165, 1.54) is 13.2 Å². The summed E-state index contributed by atoms with van der Waals surface area (Å²) < 4.78 is 4.99. The number of phenols is 1. The van der Waals surface area contributed by atoms with Crippen LogP contribution in [-0.2, 0) is 0 Å². The minimum absolute atomic E-state index is 0.0584. The first kappa shape index (κ1) is 11.9. The highest BCUT2D eigenvalue weighted by molar-refractivity contribution is 5.97. The minimum Gasteiger partial charge on any atom is -0.504 e. The molecule has 1 saturated heterocycles. The normalized spacial score (nSPS) is 19.2. The first-order valence-corrected chi connectivity index (χ1v) is 5.84. The lowest BCUT2D eigenvalue weighted by atomic mass is 10.0. The third kappa shape index (κ3) is 2.77. The van der Waals surface area contributed by atoms with Crippen molar-refractivity contribution in [3.63, 3.8) is 0 Å². The molecule has 0 aliphatic carbocycles. The number of methoxy groups -OCH3 is 1. The zero-order valence-corrected chi connectivity index (χ0v) is 9.90. The fourth-order valence-corrected chi connectivity index (χ4v) is 2.12. The number of aromatic hydroxyl groups is 1. The molecule has 0 aromatic heterocycles. The van der Waals surface area contributed by atoms with Gasteiger partial charge in [-0.05, 0) is 37.6 Å². The first-order chi connectivity index (χ1) is 8.20. The number of hydrogen-bond acceptors (Lipinski definition) is 4. The second kappa shape index (κ2) is 5.19. The van der Waals surface area contributed by atoms with Gasteiger partial charge in [-0.2, -0.15) is 0 Å². The molecule has 2 rings (SSSR count). The van der Waals surface area contributed by atoms with E-state index in [0.717, 1.165) is 19.4 Å². The van der Waals surface area contributed by atoms with Crippen LogP contribution in [0.1, 0.15) is 29.6 Å². The molecule has 0 bridgehead atoms. The van der Waals surface area contributed by atoms with Gasteiger partial charge >= 0.3 is 0 Å². The van der Waals surface area contributed by atoms with E-state index >= 15 is 0 Å². The maximum atomic E-state index is 12.0. The van der Waals surface area contributed by atoms with Crippen LogP contribution in [0.3, 0.4) is 0 Å². The quantitative estimate of drug-likeness (QED) is 0.780. The maximum Gasteiger partial charge on any atom is 0.164 e. The Labute approximate surface area is 101 Å². The van der Waals surface area contributed by atoms with Crippen LogP contribution in [0.2, 0.25) is 0 Å². The van der Waals surface area contributed by atoms with Gasteiger partial charge in [0, 0.05) is 18.0 Å². The zero-order chi connectivity index (χ0) is 12.3. The predicted molar refractivity (Wildman–Crippen MR) is 64.6 cm³/mol. The average Bonchev–Trinajstić information content (AvgIpc) is 2.82. The minimum atomic E-state index is 0.0584. The Morgan fingerprint density at radius 1 is 1.59 bits per heavy atom. The van der Waals surface area contributed by atoms with Crippen LogP contribution < -0.4 is 10.1 Å². The highest BCUT2D eigenvalue weighted by Crippen LogP contribution is 2.27. The van der Waals surface area contributed by atoms with E-state index in [1.807, 2.05) is 0 Å². The van der Waals surface area contributed by atoms with Crippen LogP contribution in [0.5, 0.6) is 11.5 Å². The summed E-state index contributed by atoms with van der Waals surface area (Å²) >= 11 is 0. The number of nitrogens with one attached hydrogen (secondary N) is 1. The van der Waals surface area contributed by atoms with Gasteiger partial charge in [-0.3, -0.25) is 4.79 Å². The van der Waals surface area contributed by atoms with Crippen molar-refractivity contribution in [1.29, 1.82) is 0 Å². The Bertz CT molecular complexity index is 411. The number of benzene rings is 1. The molecule has 4 nitrogen and oxygen atoms in total. The number of hydrogen-bond donors (Lipinski definition) is 2. The van der Waals surface area contributed by atoms with Gasteiger partial charge in [0.25, 0.3) is 0 Å². The summed E-state index contributed by atoms with van der Waals surface area (Å²) in [7, 11) is 1.47. The fourth-order valence-electron chi connectivity index (χ4n) is 2.12. The first-order valence-electron chi connectivity index (χ1n) is 5.84. The van der Waals surface area contributed by atoms with Crippen molar-refractivity contribution in [2.75, 3.05) is 13.7 Å². The van der Waals surface area contributed by atoms with E-state index in [0.29, 0.717) is 23.8 Å². The summed E-state index contributed by atoms with van der Waals surface area (Å²) in [5.41, 5.74) is 0.591. The number of Topliss-reactive ketones (excluding diaryl/α,β-unsaturated/α-hetero) is 1. The van der Waals surface area contributed by atoms with Crippen LogP contribution >= 0.6 is 0 Å². The van der Waals surface area contributed by atoms with E-state index in [-0.39, 0.29) is 11.5 Å². The number of rotatable bonds is 4. The highest BCUT2D eigenvalue weighted by atomic mass is 16.5. The summed E-state index contributed by atoms with van der Waals surface area (Å²) in [5, 5.41) is 12.7. The van der Waals surface area contributed by atoms with E-state index in [4.69, 9.17) is 4.74 Å². The molecule has 0 radical (unpaired) electrons. The van der Waals surface area contributed by atoms with Gasteiger partial charge in [0.2, 0.25) is 0 Å². The molecule has 1 aliphatic heterocycles. The molecule has 1 aromatic carbocycles. The van der Waals surface area contributed by atoms with Crippen molar-refractivity contribution < 1.29 is 14.6 Å². The molecule has 1 fully saturated rings. The smallest absolute Gasteiger partial charge is 0.164 e. The molecule has 92 valence electrons. The molecule has 1 aliphatic rings. The lowest BCUT2D eigenvalue weighted by Gasteiger charge is -2.10. The number of ketones is 1. The fraction of sp³-hybridized carbons (Fsp3) is 0.462. The molecule has 1 aromatic rings. The van der Waals surface area contributed by atoms with Crippen molar-refractivity contribution in [3.8, 4) is 11.5 Å². The van der Waals surface area contributed by atoms with E-state index in [1.54, 1.807) is 12.1 Å². The Hall–Kier alpha value is -1.55. The van der Waals surface area contributed by atoms with E-state index < -0.39 is 0 Å². The van der Waals surface area contributed by atoms with Crippen molar-refractivity contribution in [2.24, 2.45) is 0 Å². The van der Waals surface area contributed by atoms with Crippen molar-refractivity contribution in [1.82, 2.24) is 5.32 Å². The largest absolute Gasteiger partial charge is 0.504 e. The average molecular weight is 235 g/mol. The summed E-state index contributed by atoms with van der Waals surface area (Å²) in [6, 6.07) is 5.01. The molecule has 0 saturated carbocycles. The molecular formula is C13H17NO3. The monoisotopic (exact) mass is 235 g/mol. The number of carbonyl (C=O) groups excluding carboxylic acids is 1. The molecule has 4 heteroatoms. The van der Waals surface area contributed by atoms with Crippen LogP contribution in [0.4, 0.5) is 0 Å².